The van der Waals surface area contributed by atoms with Gasteiger partial charge >= 0.3 is 5.97 Å². The van der Waals surface area contributed by atoms with E-state index in [4.69, 9.17) is 10.3 Å². The fourth-order valence-electron chi connectivity index (χ4n) is 2.79. The van der Waals surface area contributed by atoms with Gasteiger partial charge in [0.15, 0.2) is 0 Å². The van der Waals surface area contributed by atoms with Gasteiger partial charge < -0.3 is 4.74 Å². The summed E-state index contributed by atoms with van der Waals surface area (Å²) in [6.45, 7) is 4.14. The van der Waals surface area contributed by atoms with Crippen LogP contribution in [0.1, 0.15) is 32.3 Å². The molecule has 112 valence electrons. The summed E-state index contributed by atoms with van der Waals surface area (Å²) < 4.78 is 5.46. The molecule has 0 spiro atoms. The van der Waals surface area contributed by atoms with Gasteiger partial charge in [0.1, 0.15) is 6.10 Å². The van der Waals surface area contributed by atoms with Gasteiger partial charge in [0, 0.05) is 4.91 Å². The highest BCUT2D eigenvalue weighted by atomic mass is 16.6. The Morgan fingerprint density at radius 3 is 2.71 bits per heavy atom. The van der Waals surface area contributed by atoms with Crippen molar-refractivity contribution in [1.82, 2.24) is 0 Å². The van der Waals surface area contributed by atoms with Crippen molar-refractivity contribution in [1.29, 1.82) is 0 Å². The van der Waals surface area contributed by atoms with Crippen LogP contribution in [0.3, 0.4) is 0 Å². The minimum atomic E-state index is -0.287. The largest absolute Gasteiger partial charge is 0.462 e. The number of rotatable bonds is 6. The van der Waals surface area contributed by atoms with Crippen LogP contribution in [0.5, 0.6) is 0 Å². The Labute approximate surface area is 124 Å². The summed E-state index contributed by atoms with van der Waals surface area (Å²) in [5, 5.41) is 3.83. The molecule has 1 aliphatic rings. The number of esters is 1. The molecule has 1 aliphatic heterocycles. The number of ether oxygens (including phenoxy) is 1. The van der Waals surface area contributed by atoms with Gasteiger partial charge in [0.05, 0.1) is 12.0 Å². The number of hydrogen-bond donors (Lipinski definition) is 0. The van der Waals surface area contributed by atoms with Crippen molar-refractivity contribution in [3.05, 3.63) is 46.3 Å². The zero-order valence-corrected chi connectivity index (χ0v) is 12.5. The lowest BCUT2D eigenvalue weighted by Crippen LogP contribution is -2.25. The third-order valence-corrected chi connectivity index (χ3v) is 3.78. The van der Waals surface area contributed by atoms with Gasteiger partial charge in [0.2, 0.25) is 0 Å². The smallest absolute Gasteiger partial charge is 0.309 e. The molecule has 0 saturated carbocycles. The maximum Gasteiger partial charge on any atom is 0.309 e. The van der Waals surface area contributed by atoms with Crippen LogP contribution in [0.25, 0.3) is 10.4 Å². The Balaban J connectivity index is 2.02. The topological polar surface area (TPSA) is 75.1 Å². The van der Waals surface area contributed by atoms with Crippen molar-refractivity contribution < 1.29 is 9.53 Å². The molecule has 0 aliphatic carbocycles. The van der Waals surface area contributed by atoms with Crippen LogP contribution in [0.4, 0.5) is 0 Å². The third-order valence-electron chi connectivity index (χ3n) is 3.78. The lowest BCUT2D eigenvalue weighted by Gasteiger charge is -2.19. The van der Waals surface area contributed by atoms with Crippen molar-refractivity contribution in [2.45, 2.75) is 45.3 Å². The zero-order valence-electron chi connectivity index (χ0n) is 12.5. The van der Waals surface area contributed by atoms with E-state index in [2.05, 4.69) is 23.9 Å². The highest BCUT2D eigenvalue weighted by Gasteiger charge is 2.38. The molecule has 0 radical (unpaired) electrons. The monoisotopic (exact) mass is 287 g/mol. The van der Waals surface area contributed by atoms with Gasteiger partial charge in [-0.2, -0.15) is 0 Å². The number of hydrogen-bond acceptors (Lipinski definition) is 3. The molecule has 1 fully saturated rings. The van der Waals surface area contributed by atoms with Crippen LogP contribution in [0.2, 0.25) is 0 Å². The first-order valence-electron chi connectivity index (χ1n) is 7.38. The summed E-state index contributed by atoms with van der Waals surface area (Å²) in [5.74, 6) is 0.0825. The van der Waals surface area contributed by atoms with Gasteiger partial charge in [-0.1, -0.05) is 49.3 Å². The van der Waals surface area contributed by atoms with E-state index in [1.54, 1.807) is 0 Å². The molecule has 1 aromatic rings. The fourth-order valence-corrected chi connectivity index (χ4v) is 2.79. The summed E-state index contributed by atoms with van der Waals surface area (Å²) in [6.07, 6.45) is 1.76. The van der Waals surface area contributed by atoms with Gasteiger partial charge in [0.25, 0.3) is 0 Å². The molecule has 0 amide bonds. The summed E-state index contributed by atoms with van der Waals surface area (Å²) in [6, 6.07) is 9.65. The van der Waals surface area contributed by atoms with Crippen LogP contribution in [0.15, 0.2) is 35.4 Å². The molecule has 5 heteroatoms. The minimum Gasteiger partial charge on any atom is -0.462 e. The lowest BCUT2D eigenvalue weighted by molar-refractivity contribution is -0.145. The molecule has 0 aromatic heterocycles. The van der Waals surface area contributed by atoms with E-state index in [0.29, 0.717) is 18.8 Å². The Morgan fingerprint density at radius 2 is 2.10 bits per heavy atom. The Bertz CT molecular complexity index is 524. The average Bonchev–Trinajstić information content (AvgIpc) is 2.80. The maximum absolute atomic E-state index is 12.0. The second-order valence-electron chi connectivity index (χ2n) is 6.00. The molecule has 0 N–H and O–H groups in total. The van der Waals surface area contributed by atoms with Crippen LogP contribution in [-0.2, 0) is 16.0 Å². The van der Waals surface area contributed by atoms with Crippen molar-refractivity contribution in [3.8, 4) is 0 Å². The molecule has 2 rings (SSSR count). The van der Waals surface area contributed by atoms with Crippen molar-refractivity contribution in [2.24, 2.45) is 17.0 Å². The average molecular weight is 287 g/mol. The molecular formula is C16H21N3O2. The van der Waals surface area contributed by atoms with E-state index < -0.39 is 0 Å². The van der Waals surface area contributed by atoms with Gasteiger partial charge in [-0.25, -0.2) is 0 Å². The van der Waals surface area contributed by atoms with E-state index in [9.17, 15) is 4.79 Å². The second kappa shape index (κ2) is 7.14. The SMILES string of the molecule is CC(C)C[C@H](N=[N+]=[N-])[C@@H]1C[C@@H](Cc2ccccc2)C(=O)O1. The molecular weight excluding hydrogens is 266 g/mol. The standard InChI is InChI=1S/C16H21N3O2/c1-11(2)8-14(18-19-17)15-10-13(16(20)21-15)9-12-6-4-3-5-7-12/h3-7,11,13-15H,8-10H2,1-2H3/t13-,14+,15+/m1/s1. The van der Waals surface area contributed by atoms with Gasteiger partial charge in [-0.15, -0.1) is 0 Å². The van der Waals surface area contributed by atoms with Crippen molar-refractivity contribution in [3.63, 3.8) is 0 Å². The quantitative estimate of drug-likeness (QED) is 0.344. The molecule has 1 heterocycles. The lowest BCUT2D eigenvalue weighted by atomic mass is 9.91. The zero-order chi connectivity index (χ0) is 15.2. The van der Waals surface area contributed by atoms with Crippen molar-refractivity contribution >= 4 is 5.97 Å². The second-order valence-corrected chi connectivity index (χ2v) is 6.00. The predicted octanol–water partition coefficient (Wildman–Crippen LogP) is 3.89. The molecule has 3 atom stereocenters. The number of cyclic esters (lactones) is 1. The number of nitrogens with zero attached hydrogens (tertiary/aromatic N) is 3. The van der Waals surface area contributed by atoms with E-state index in [-0.39, 0.29) is 24.0 Å². The number of benzene rings is 1. The summed E-state index contributed by atoms with van der Waals surface area (Å²) in [7, 11) is 0. The van der Waals surface area contributed by atoms with Crippen LogP contribution in [0, 0.1) is 11.8 Å². The predicted molar refractivity (Wildman–Crippen MR) is 80.5 cm³/mol. The van der Waals surface area contributed by atoms with Gasteiger partial charge in [-0.3, -0.25) is 4.79 Å². The molecule has 21 heavy (non-hydrogen) atoms. The van der Waals surface area contributed by atoms with E-state index in [1.807, 2.05) is 30.3 Å². The van der Waals surface area contributed by atoms with Gasteiger partial charge in [-0.05, 0) is 36.3 Å². The van der Waals surface area contributed by atoms with Crippen molar-refractivity contribution in [2.75, 3.05) is 0 Å². The van der Waals surface area contributed by atoms with E-state index in [1.165, 1.54) is 0 Å². The third kappa shape index (κ3) is 4.23. The molecule has 1 aromatic carbocycles. The summed E-state index contributed by atoms with van der Waals surface area (Å²) in [5.41, 5.74) is 9.82. The fraction of sp³-hybridized carbons (Fsp3) is 0.562. The summed E-state index contributed by atoms with van der Waals surface area (Å²) in [4.78, 5) is 14.9. The summed E-state index contributed by atoms with van der Waals surface area (Å²) >= 11 is 0. The molecule has 1 saturated heterocycles. The molecule has 0 bridgehead atoms. The number of carbonyl (C=O) groups excluding carboxylic acids is 1. The molecule has 0 unspecified atom stereocenters. The Morgan fingerprint density at radius 1 is 1.38 bits per heavy atom. The van der Waals surface area contributed by atoms with E-state index in [0.717, 1.165) is 12.0 Å². The number of carbonyl (C=O) groups is 1. The first-order chi connectivity index (χ1) is 10.1. The first-order valence-corrected chi connectivity index (χ1v) is 7.38. The van der Waals surface area contributed by atoms with Crippen LogP contribution < -0.4 is 0 Å². The maximum atomic E-state index is 12.0. The first kappa shape index (κ1) is 15.4. The Kier molecular flexibility index (Phi) is 5.23. The van der Waals surface area contributed by atoms with E-state index >= 15 is 0 Å². The molecule has 5 nitrogen and oxygen atoms in total. The normalized spacial score (nSPS) is 22.7. The highest BCUT2D eigenvalue weighted by Crippen LogP contribution is 2.30. The highest BCUT2D eigenvalue weighted by molar-refractivity contribution is 5.75. The Hall–Kier alpha value is -2.00. The van der Waals surface area contributed by atoms with Crippen LogP contribution in [-0.4, -0.2) is 18.1 Å². The minimum absolute atomic E-state index is 0.138. The number of azide groups is 1. The van der Waals surface area contributed by atoms with Crippen LogP contribution >= 0.6 is 0 Å².